The second-order valence-corrected chi connectivity index (χ2v) is 5.09. The van der Waals surface area contributed by atoms with Gasteiger partial charge in [-0.05, 0) is 32.9 Å². The van der Waals surface area contributed by atoms with Gasteiger partial charge in [-0.3, -0.25) is 0 Å². The lowest BCUT2D eigenvalue weighted by molar-refractivity contribution is 0.198. The van der Waals surface area contributed by atoms with Crippen LogP contribution in [0.25, 0.3) is 5.76 Å². The third-order valence-corrected chi connectivity index (χ3v) is 2.61. The maximum atomic E-state index is 10.0. The van der Waals surface area contributed by atoms with Gasteiger partial charge in [0.15, 0.2) is 0 Å². The van der Waals surface area contributed by atoms with Crippen LogP contribution in [0, 0.1) is 0 Å². The van der Waals surface area contributed by atoms with Crippen molar-refractivity contribution in [1.29, 1.82) is 0 Å². The fraction of sp³-hybridized carbons (Fsp3) is 0.385. The van der Waals surface area contributed by atoms with Crippen molar-refractivity contribution in [3.63, 3.8) is 0 Å². The second-order valence-electron chi connectivity index (χ2n) is 4.65. The zero-order valence-electron chi connectivity index (χ0n) is 10.3. The molecule has 17 heavy (non-hydrogen) atoms. The summed E-state index contributed by atoms with van der Waals surface area (Å²) in [4.78, 5) is 0. The van der Waals surface area contributed by atoms with Crippen molar-refractivity contribution >= 4 is 17.4 Å². The van der Waals surface area contributed by atoms with Gasteiger partial charge in [-0.25, -0.2) is 0 Å². The predicted octanol–water partition coefficient (Wildman–Crippen LogP) is 2.95. The molecule has 0 aliphatic heterocycles. The van der Waals surface area contributed by atoms with Gasteiger partial charge < -0.3 is 15.5 Å². The van der Waals surface area contributed by atoms with Gasteiger partial charge in [0.25, 0.3) is 0 Å². The van der Waals surface area contributed by atoms with Crippen LogP contribution >= 0.6 is 11.6 Å². The van der Waals surface area contributed by atoms with Gasteiger partial charge in [-0.15, -0.1) is 0 Å². The van der Waals surface area contributed by atoms with Crippen molar-refractivity contribution in [2.45, 2.75) is 26.3 Å². The predicted molar refractivity (Wildman–Crippen MR) is 71.0 cm³/mol. The molecule has 0 saturated heterocycles. The maximum absolute atomic E-state index is 10.0. The monoisotopic (exact) mass is 255 g/mol. The van der Waals surface area contributed by atoms with Crippen molar-refractivity contribution in [2.75, 3.05) is 6.61 Å². The van der Waals surface area contributed by atoms with Crippen LogP contribution in [0.15, 0.2) is 30.0 Å². The molecule has 0 aromatic heterocycles. The molecule has 0 heterocycles. The molecule has 0 amide bonds. The Morgan fingerprint density at radius 2 is 2.06 bits per heavy atom. The van der Waals surface area contributed by atoms with E-state index < -0.39 is 5.54 Å². The SMILES string of the molecule is CC(NC(C)(C)CO)=C(O)c1cccc(Cl)c1. The molecule has 0 bridgehead atoms. The molecule has 0 atom stereocenters. The Balaban J connectivity index is 2.97. The van der Waals surface area contributed by atoms with Gasteiger partial charge in [-0.1, -0.05) is 23.7 Å². The van der Waals surface area contributed by atoms with Crippen molar-refractivity contribution in [2.24, 2.45) is 0 Å². The Morgan fingerprint density at radius 1 is 1.41 bits per heavy atom. The van der Waals surface area contributed by atoms with Crippen LogP contribution in [0.2, 0.25) is 5.02 Å². The number of benzene rings is 1. The molecule has 4 heteroatoms. The average molecular weight is 256 g/mol. The number of aliphatic hydroxyl groups excluding tert-OH is 2. The fourth-order valence-electron chi connectivity index (χ4n) is 1.46. The van der Waals surface area contributed by atoms with Gasteiger partial charge >= 0.3 is 0 Å². The molecule has 0 radical (unpaired) electrons. The van der Waals surface area contributed by atoms with Crippen LogP contribution in [-0.4, -0.2) is 22.4 Å². The zero-order chi connectivity index (χ0) is 13.1. The lowest BCUT2D eigenvalue weighted by Gasteiger charge is -2.25. The Kier molecular flexibility index (Phi) is 4.43. The Labute approximate surface area is 107 Å². The van der Waals surface area contributed by atoms with E-state index in [0.29, 0.717) is 16.3 Å². The molecule has 1 rings (SSSR count). The molecule has 0 unspecified atom stereocenters. The van der Waals surface area contributed by atoms with Crippen LogP contribution in [0.3, 0.4) is 0 Å². The minimum Gasteiger partial charge on any atom is -0.506 e. The summed E-state index contributed by atoms with van der Waals surface area (Å²) in [6, 6.07) is 6.99. The molecule has 1 aromatic rings. The minimum atomic E-state index is -0.476. The lowest BCUT2D eigenvalue weighted by atomic mass is 10.1. The van der Waals surface area contributed by atoms with Crippen molar-refractivity contribution in [3.05, 3.63) is 40.5 Å². The highest BCUT2D eigenvalue weighted by Crippen LogP contribution is 2.19. The first-order valence-corrected chi connectivity index (χ1v) is 5.78. The summed E-state index contributed by atoms with van der Waals surface area (Å²) in [6.45, 7) is 5.43. The summed E-state index contributed by atoms with van der Waals surface area (Å²) in [5.41, 5.74) is 0.777. The Hall–Kier alpha value is -1.19. The maximum Gasteiger partial charge on any atom is 0.141 e. The van der Waals surface area contributed by atoms with Crippen molar-refractivity contribution in [1.82, 2.24) is 5.32 Å². The van der Waals surface area contributed by atoms with Crippen molar-refractivity contribution < 1.29 is 10.2 Å². The standard InChI is InChI=1S/C13H18ClNO2/c1-9(15-13(2,3)8-16)12(17)10-5-4-6-11(14)7-10/h4-7,15-17H,8H2,1-3H3. The van der Waals surface area contributed by atoms with E-state index in [4.69, 9.17) is 16.7 Å². The van der Waals surface area contributed by atoms with Crippen LogP contribution in [-0.2, 0) is 0 Å². The van der Waals surface area contributed by atoms with E-state index in [-0.39, 0.29) is 12.4 Å². The second kappa shape index (κ2) is 5.43. The Bertz CT molecular complexity index is 427. The molecule has 3 nitrogen and oxygen atoms in total. The summed E-state index contributed by atoms with van der Waals surface area (Å²) in [7, 11) is 0. The molecule has 0 spiro atoms. The highest BCUT2D eigenvalue weighted by atomic mass is 35.5. The smallest absolute Gasteiger partial charge is 0.141 e. The minimum absolute atomic E-state index is 0.0207. The molecule has 0 aliphatic carbocycles. The number of rotatable bonds is 4. The fourth-order valence-corrected chi connectivity index (χ4v) is 1.65. The number of nitrogens with one attached hydrogen (secondary N) is 1. The van der Waals surface area contributed by atoms with E-state index in [1.807, 2.05) is 13.8 Å². The van der Waals surface area contributed by atoms with Gasteiger partial charge in [0.2, 0.25) is 0 Å². The number of aliphatic hydroxyl groups is 2. The normalized spacial score (nSPS) is 13.2. The third kappa shape index (κ3) is 3.95. The highest BCUT2D eigenvalue weighted by molar-refractivity contribution is 6.30. The molecule has 3 N–H and O–H groups in total. The summed E-state index contributed by atoms with van der Waals surface area (Å²) in [5.74, 6) is 0.133. The van der Waals surface area contributed by atoms with Gasteiger partial charge in [0, 0.05) is 10.6 Å². The van der Waals surface area contributed by atoms with E-state index in [2.05, 4.69) is 5.32 Å². The number of hydrogen-bond donors (Lipinski definition) is 3. The highest BCUT2D eigenvalue weighted by Gasteiger charge is 2.17. The van der Waals surface area contributed by atoms with Gasteiger partial charge in [-0.2, -0.15) is 0 Å². The zero-order valence-corrected chi connectivity index (χ0v) is 11.0. The summed E-state index contributed by atoms with van der Waals surface area (Å²) in [6.07, 6.45) is 0. The number of halogens is 1. The third-order valence-electron chi connectivity index (χ3n) is 2.37. The molecule has 0 saturated carbocycles. The average Bonchev–Trinajstić information content (AvgIpc) is 2.27. The molecular formula is C13H18ClNO2. The Morgan fingerprint density at radius 3 is 2.59 bits per heavy atom. The van der Waals surface area contributed by atoms with Gasteiger partial charge in [0.05, 0.1) is 17.8 Å². The van der Waals surface area contributed by atoms with E-state index in [0.717, 1.165) is 0 Å². The quantitative estimate of drug-likeness (QED) is 0.725. The molecule has 1 aromatic carbocycles. The molecular weight excluding hydrogens is 238 g/mol. The van der Waals surface area contributed by atoms with Crippen LogP contribution in [0.4, 0.5) is 0 Å². The van der Waals surface area contributed by atoms with E-state index in [9.17, 15) is 5.11 Å². The molecule has 0 aliphatic rings. The van der Waals surface area contributed by atoms with E-state index >= 15 is 0 Å². The van der Waals surface area contributed by atoms with Crippen molar-refractivity contribution in [3.8, 4) is 0 Å². The van der Waals surface area contributed by atoms with Crippen LogP contribution in [0.5, 0.6) is 0 Å². The number of hydrogen-bond acceptors (Lipinski definition) is 3. The largest absolute Gasteiger partial charge is 0.506 e. The number of allylic oxidation sites excluding steroid dienone is 1. The molecule has 94 valence electrons. The van der Waals surface area contributed by atoms with E-state index in [1.54, 1.807) is 31.2 Å². The summed E-state index contributed by atoms with van der Waals surface area (Å²) in [5, 5.41) is 22.8. The van der Waals surface area contributed by atoms with Crippen LogP contribution < -0.4 is 5.32 Å². The molecule has 0 fully saturated rings. The lowest BCUT2D eigenvalue weighted by Crippen LogP contribution is -2.41. The first-order chi connectivity index (χ1) is 7.85. The van der Waals surface area contributed by atoms with E-state index in [1.165, 1.54) is 0 Å². The summed E-state index contributed by atoms with van der Waals surface area (Å²) < 4.78 is 0. The first-order valence-electron chi connectivity index (χ1n) is 5.40. The van der Waals surface area contributed by atoms with Crippen LogP contribution in [0.1, 0.15) is 26.3 Å². The first kappa shape index (κ1) is 13.9. The topological polar surface area (TPSA) is 52.5 Å². The van der Waals surface area contributed by atoms with Gasteiger partial charge in [0.1, 0.15) is 5.76 Å². The summed E-state index contributed by atoms with van der Waals surface area (Å²) >= 11 is 5.86.